The zero-order valence-corrected chi connectivity index (χ0v) is 13.8. The van der Waals surface area contributed by atoms with E-state index in [0.29, 0.717) is 13.1 Å². The largest absolute Gasteiger partial charge is 0.372 e. The number of anilines is 1. The lowest BCUT2D eigenvalue weighted by Gasteiger charge is -2.28. The van der Waals surface area contributed by atoms with Gasteiger partial charge in [0.25, 0.3) is 5.91 Å². The number of aryl methyl sites for hydroxylation is 1. The van der Waals surface area contributed by atoms with Crippen LogP contribution in [0.2, 0.25) is 0 Å². The fourth-order valence-electron chi connectivity index (χ4n) is 3.28. The number of benzene rings is 1. The zero-order chi connectivity index (χ0) is 16.7. The van der Waals surface area contributed by atoms with E-state index in [1.807, 2.05) is 60.1 Å². The van der Waals surface area contributed by atoms with Crippen molar-refractivity contribution in [2.75, 3.05) is 18.9 Å². The molecule has 1 aromatic carbocycles. The minimum Gasteiger partial charge on any atom is -0.372 e. The van der Waals surface area contributed by atoms with E-state index in [-0.39, 0.29) is 5.91 Å². The van der Waals surface area contributed by atoms with Crippen LogP contribution >= 0.6 is 0 Å². The first-order chi connectivity index (χ1) is 11.7. The SMILES string of the molecule is CNc1cc2c(nn1)CCN(C(=O)c1cccc3c1ccn3C)C2. The third kappa shape index (κ3) is 2.31. The van der Waals surface area contributed by atoms with Gasteiger partial charge in [0.15, 0.2) is 0 Å². The topological polar surface area (TPSA) is 63.1 Å². The molecule has 0 bridgehead atoms. The van der Waals surface area contributed by atoms with Crippen LogP contribution in [0.15, 0.2) is 36.5 Å². The lowest BCUT2D eigenvalue weighted by atomic mass is 10.0. The maximum atomic E-state index is 13.1. The first kappa shape index (κ1) is 14.7. The highest BCUT2D eigenvalue weighted by Crippen LogP contribution is 2.24. The lowest BCUT2D eigenvalue weighted by Crippen LogP contribution is -2.36. The van der Waals surface area contributed by atoms with Crippen LogP contribution in [0.5, 0.6) is 0 Å². The van der Waals surface area contributed by atoms with Gasteiger partial charge in [0.1, 0.15) is 5.82 Å². The van der Waals surface area contributed by atoms with Crippen molar-refractivity contribution in [1.82, 2.24) is 19.7 Å². The Morgan fingerprint density at radius 1 is 1.25 bits per heavy atom. The number of hydrogen-bond donors (Lipinski definition) is 1. The number of rotatable bonds is 2. The van der Waals surface area contributed by atoms with Crippen molar-refractivity contribution in [3.63, 3.8) is 0 Å². The summed E-state index contributed by atoms with van der Waals surface area (Å²) in [6.45, 7) is 1.24. The van der Waals surface area contributed by atoms with Crippen molar-refractivity contribution >= 4 is 22.6 Å². The summed E-state index contributed by atoms with van der Waals surface area (Å²) in [6, 6.07) is 9.87. The van der Waals surface area contributed by atoms with Crippen molar-refractivity contribution in [1.29, 1.82) is 0 Å². The molecule has 122 valence electrons. The van der Waals surface area contributed by atoms with E-state index >= 15 is 0 Å². The van der Waals surface area contributed by atoms with E-state index < -0.39 is 0 Å². The van der Waals surface area contributed by atoms with Crippen LogP contribution < -0.4 is 5.32 Å². The summed E-state index contributed by atoms with van der Waals surface area (Å²) in [6.07, 6.45) is 2.73. The molecule has 1 aliphatic rings. The summed E-state index contributed by atoms with van der Waals surface area (Å²) < 4.78 is 2.03. The minimum atomic E-state index is 0.0697. The first-order valence-corrected chi connectivity index (χ1v) is 8.04. The van der Waals surface area contributed by atoms with Gasteiger partial charge >= 0.3 is 0 Å². The van der Waals surface area contributed by atoms with Gasteiger partial charge in [-0.05, 0) is 29.8 Å². The molecule has 0 unspecified atom stereocenters. The number of nitrogens with one attached hydrogen (secondary N) is 1. The Labute approximate surface area is 140 Å². The quantitative estimate of drug-likeness (QED) is 0.786. The van der Waals surface area contributed by atoms with Crippen LogP contribution in [0.4, 0.5) is 5.82 Å². The summed E-state index contributed by atoms with van der Waals surface area (Å²) in [7, 11) is 3.81. The van der Waals surface area contributed by atoms with Crippen molar-refractivity contribution in [3.8, 4) is 0 Å². The van der Waals surface area contributed by atoms with Gasteiger partial charge in [0.05, 0.1) is 5.69 Å². The van der Waals surface area contributed by atoms with Gasteiger partial charge in [0, 0.05) is 56.3 Å². The van der Waals surface area contributed by atoms with Crippen molar-refractivity contribution in [3.05, 3.63) is 53.3 Å². The molecule has 0 radical (unpaired) electrons. The Bertz CT molecular complexity index is 930. The molecule has 1 aliphatic heterocycles. The molecule has 1 N–H and O–H groups in total. The number of nitrogens with zero attached hydrogens (tertiary/aromatic N) is 4. The molecule has 0 atom stereocenters. The van der Waals surface area contributed by atoms with Crippen LogP contribution in [0.3, 0.4) is 0 Å². The zero-order valence-electron chi connectivity index (χ0n) is 13.8. The molecule has 24 heavy (non-hydrogen) atoms. The van der Waals surface area contributed by atoms with Gasteiger partial charge < -0.3 is 14.8 Å². The molecule has 0 spiro atoms. The average Bonchev–Trinajstić information content (AvgIpc) is 3.01. The van der Waals surface area contributed by atoms with Gasteiger partial charge in [-0.3, -0.25) is 4.79 Å². The molecule has 3 heterocycles. The van der Waals surface area contributed by atoms with E-state index in [1.165, 1.54) is 0 Å². The third-order valence-electron chi connectivity index (χ3n) is 4.64. The van der Waals surface area contributed by atoms with Gasteiger partial charge in [-0.2, -0.15) is 5.10 Å². The van der Waals surface area contributed by atoms with Crippen molar-refractivity contribution in [2.45, 2.75) is 13.0 Å². The Hall–Kier alpha value is -2.89. The molecule has 2 aromatic heterocycles. The van der Waals surface area contributed by atoms with Crippen LogP contribution in [-0.2, 0) is 20.0 Å². The van der Waals surface area contributed by atoms with Gasteiger partial charge in [0.2, 0.25) is 0 Å². The van der Waals surface area contributed by atoms with Crippen molar-refractivity contribution in [2.24, 2.45) is 7.05 Å². The second-order valence-electron chi connectivity index (χ2n) is 6.09. The van der Waals surface area contributed by atoms with E-state index in [0.717, 1.165) is 40.0 Å². The van der Waals surface area contributed by atoms with Crippen LogP contribution in [0, 0.1) is 0 Å². The molecule has 1 amide bonds. The van der Waals surface area contributed by atoms with Crippen molar-refractivity contribution < 1.29 is 4.79 Å². The predicted molar refractivity (Wildman–Crippen MR) is 92.9 cm³/mol. The highest BCUT2D eigenvalue weighted by atomic mass is 16.2. The van der Waals surface area contributed by atoms with E-state index in [9.17, 15) is 4.79 Å². The fourth-order valence-corrected chi connectivity index (χ4v) is 3.28. The van der Waals surface area contributed by atoms with Crippen LogP contribution in [-0.4, -0.2) is 39.2 Å². The molecule has 0 saturated heterocycles. The summed E-state index contributed by atoms with van der Waals surface area (Å²) in [5.41, 5.74) is 3.87. The van der Waals surface area contributed by atoms with Gasteiger partial charge in [-0.1, -0.05) is 6.07 Å². The molecule has 6 heteroatoms. The molecule has 0 fully saturated rings. The molecule has 4 rings (SSSR count). The molecule has 6 nitrogen and oxygen atoms in total. The molecule has 0 aliphatic carbocycles. The maximum absolute atomic E-state index is 13.1. The number of hydrogen-bond acceptors (Lipinski definition) is 4. The Morgan fingerprint density at radius 2 is 2.12 bits per heavy atom. The number of fused-ring (bicyclic) bond motifs is 2. The normalized spacial score (nSPS) is 13.8. The number of amides is 1. The number of carbonyl (C=O) groups is 1. The number of carbonyl (C=O) groups excluding carboxylic acids is 1. The fraction of sp³-hybridized carbons (Fsp3) is 0.278. The minimum absolute atomic E-state index is 0.0697. The third-order valence-corrected chi connectivity index (χ3v) is 4.64. The molecular weight excluding hydrogens is 302 g/mol. The maximum Gasteiger partial charge on any atom is 0.254 e. The van der Waals surface area contributed by atoms with Gasteiger partial charge in [-0.15, -0.1) is 5.10 Å². The molecule has 3 aromatic rings. The van der Waals surface area contributed by atoms with E-state index in [1.54, 1.807) is 0 Å². The summed E-state index contributed by atoms with van der Waals surface area (Å²) >= 11 is 0. The summed E-state index contributed by atoms with van der Waals surface area (Å²) in [5, 5.41) is 12.4. The monoisotopic (exact) mass is 321 g/mol. The number of aromatic nitrogens is 3. The predicted octanol–water partition coefficient (Wildman–Crippen LogP) is 2.21. The van der Waals surface area contributed by atoms with E-state index in [4.69, 9.17) is 0 Å². The average molecular weight is 321 g/mol. The summed E-state index contributed by atoms with van der Waals surface area (Å²) in [5.74, 6) is 0.800. The standard InChI is InChI=1S/C18H19N5O/c1-19-17-10-12-11-23(9-7-15(12)20-21-17)18(24)14-4-3-5-16-13(14)6-8-22(16)2/h3-6,8,10H,7,9,11H2,1-2H3,(H,19,21). The van der Waals surface area contributed by atoms with Crippen LogP contribution in [0.25, 0.3) is 10.9 Å². The lowest BCUT2D eigenvalue weighted by molar-refractivity contribution is 0.0735. The van der Waals surface area contributed by atoms with Crippen LogP contribution in [0.1, 0.15) is 21.6 Å². The highest BCUT2D eigenvalue weighted by molar-refractivity contribution is 6.06. The Kier molecular flexibility index (Phi) is 3.45. The Morgan fingerprint density at radius 3 is 2.96 bits per heavy atom. The van der Waals surface area contributed by atoms with Gasteiger partial charge in [-0.25, -0.2) is 0 Å². The second kappa shape index (κ2) is 5.63. The Balaban J connectivity index is 1.67. The summed E-state index contributed by atoms with van der Waals surface area (Å²) in [4.78, 5) is 14.9. The second-order valence-corrected chi connectivity index (χ2v) is 6.09. The highest BCUT2D eigenvalue weighted by Gasteiger charge is 2.24. The molecular formula is C18H19N5O. The van der Waals surface area contributed by atoms with E-state index in [2.05, 4.69) is 15.5 Å². The first-order valence-electron chi connectivity index (χ1n) is 8.04. The molecule has 0 saturated carbocycles. The smallest absolute Gasteiger partial charge is 0.254 e.